The zero-order chi connectivity index (χ0) is 27.5. The molecule has 8 heteroatoms. The van der Waals surface area contributed by atoms with Gasteiger partial charge in [0.2, 0.25) is 20.0 Å². The van der Waals surface area contributed by atoms with Gasteiger partial charge in [0.1, 0.15) is 0 Å². The van der Waals surface area contributed by atoms with E-state index in [-0.39, 0.29) is 22.9 Å². The zero-order valence-electron chi connectivity index (χ0n) is 21.7. The summed E-state index contributed by atoms with van der Waals surface area (Å²) < 4.78 is 58.8. The van der Waals surface area contributed by atoms with Gasteiger partial charge in [-0.05, 0) is 62.1 Å². The van der Waals surface area contributed by atoms with Crippen LogP contribution in [0.2, 0.25) is 0 Å². The highest BCUT2D eigenvalue weighted by Gasteiger charge is 2.44. The monoisotopic (exact) mass is 548 g/mol. The van der Waals surface area contributed by atoms with Crippen LogP contribution >= 0.6 is 0 Å². The fourth-order valence-corrected chi connectivity index (χ4v) is 8.35. The molecular formula is C30H32N2O4S2. The van der Waals surface area contributed by atoms with Crippen LogP contribution in [0, 0.1) is 38.5 Å². The fourth-order valence-electron chi connectivity index (χ4n) is 5.01. The third-order valence-corrected chi connectivity index (χ3v) is 10.9. The molecule has 198 valence electrons. The second kappa shape index (κ2) is 11.3. The Bertz CT molecular complexity index is 1420. The van der Waals surface area contributed by atoms with E-state index in [1.807, 2.05) is 26.0 Å². The van der Waals surface area contributed by atoms with Gasteiger partial charge in [-0.2, -0.15) is 8.61 Å². The molecule has 2 aliphatic rings. The van der Waals surface area contributed by atoms with Crippen LogP contribution in [-0.4, -0.2) is 50.6 Å². The number of terminal acetylenes is 2. The molecule has 4 rings (SSSR count). The first-order valence-electron chi connectivity index (χ1n) is 12.5. The Balaban J connectivity index is 1.81. The van der Waals surface area contributed by atoms with Gasteiger partial charge in [0, 0.05) is 38.0 Å². The second-order valence-electron chi connectivity index (χ2n) is 9.82. The first-order chi connectivity index (χ1) is 18.1. The molecule has 0 saturated heterocycles. The Hall–Kier alpha value is -3.14. The maximum Gasteiger partial charge on any atom is 0.243 e. The first-order valence-corrected chi connectivity index (χ1v) is 15.4. The maximum absolute atomic E-state index is 14.0. The van der Waals surface area contributed by atoms with Crippen molar-refractivity contribution in [2.75, 3.05) is 13.1 Å². The van der Waals surface area contributed by atoms with Gasteiger partial charge in [-0.1, -0.05) is 47.5 Å². The lowest BCUT2D eigenvalue weighted by Crippen LogP contribution is -2.57. The number of aryl methyl sites for hydroxylation is 2. The van der Waals surface area contributed by atoms with E-state index in [1.165, 1.54) is 8.61 Å². The van der Waals surface area contributed by atoms with Crippen molar-refractivity contribution in [3.05, 3.63) is 83.0 Å². The summed E-state index contributed by atoms with van der Waals surface area (Å²) in [6, 6.07) is 12.2. The van der Waals surface area contributed by atoms with Gasteiger partial charge < -0.3 is 0 Å². The van der Waals surface area contributed by atoms with Crippen molar-refractivity contribution in [3.63, 3.8) is 0 Å². The number of rotatable bonds is 7. The summed E-state index contributed by atoms with van der Waals surface area (Å²) >= 11 is 0. The van der Waals surface area contributed by atoms with Crippen molar-refractivity contribution in [1.29, 1.82) is 0 Å². The third-order valence-electron chi connectivity index (χ3n) is 7.11. The summed E-state index contributed by atoms with van der Waals surface area (Å²) in [5, 5.41) is 0. The molecule has 38 heavy (non-hydrogen) atoms. The van der Waals surface area contributed by atoms with Gasteiger partial charge in [0.15, 0.2) is 0 Å². The molecule has 0 saturated carbocycles. The lowest BCUT2D eigenvalue weighted by molar-refractivity contribution is 0.189. The van der Waals surface area contributed by atoms with Gasteiger partial charge in [0.25, 0.3) is 0 Å². The van der Waals surface area contributed by atoms with Crippen molar-refractivity contribution in [2.24, 2.45) is 0 Å². The Morgan fingerprint density at radius 1 is 0.684 bits per heavy atom. The topological polar surface area (TPSA) is 74.8 Å². The molecule has 0 amide bonds. The molecule has 0 fully saturated rings. The molecule has 0 bridgehead atoms. The normalized spacial score (nSPS) is 21.2. The van der Waals surface area contributed by atoms with Crippen LogP contribution in [0.5, 0.6) is 0 Å². The molecule has 2 aromatic carbocycles. The standard InChI is InChI=1S/C30H32N2O4S2/c1-5-7-25-13-19-29(31(21-25)37(33,34)27-15-9-23(3)10-16-27)30-20-14-26(8-6-2)22-32(30)38(35,36)28-17-11-24(4)12-18-28/h1-2,9-18,29-30H,7-8,19-22H2,3-4H3/t29-,30+. The minimum Gasteiger partial charge on any atom is -0.207 e. The molecule has 0 radical (unpaired) electrons. The molecular weight excluding hydrogens is 516 g/mol. The van der Waals surface area contributed by atoms with E-state index in [1.54, 1.807) is 48.5 Å². The van der Waals surface area contributed by atoms with Crippen molar-refractivity contribution >= 4 is 20.0 Å². The van der Waals surface area contributed by atoms with E-state index in [4.69, 9.17) is 12.8 Å². The maximum atomic E-state index is 14.0. The Morgan fingerprint density at radius 3 is 1.34 bits per heavy atom. The second-order valence-corrected chi connectivity index (χ2v) is 13.6. The van der Waals surface area contributed by atoms with Gasteiger partial charge in [0.05, 0.1) is 9.79 Å². The molecule has 2 heterocycles. The Kier molecular flexibility index (Phi) is 8.30. The summed E-state index contributed by atoms with van der Waals surface area (Å²) in [4.78, 5) is 0.338. The SMILES string of the molecule is C#CCC1=CC[C@H]([C@@H]2CC=C(CC#C)CN2S(=O)(=O)c2ccc(C)cc2)N(S(=O)(=O)c2ccc(C)cc2)C1. The third kappa shape index (κ3) is 5.65. The Morgan fingerprint density at radius 2 is 1.03 bits per heavy atom. The Labute approximate surface area is 227 Å². The predicted molar refractivity (Wildman–Crippen MR) is 150 cm³/mol. The molecule has 0 N–H and O–H groups in total. The van der Waals surface area contributed by atoms with Crippen LogP contribution in [-0.2, 0) is 20.0 Å². The summed E-state index contributed by atoms with van der Waals surface area (Å²) in [7, 11) is -7.88. The highest BCUT2D eigenvalue weighted by Crippen LogP contribution is 2.35. The molecule has 0 aliphatic carbocycles. The van der Waals surface area contributed by atoms with E-state index < -0.39 is 32.1 Å². The van der Waals surface area contributed by atoms with Crippen molar-refractivity contribution in [2.45, 2.75) is 61.4 Å². The minimum atomic E-state index is -3.94. The quantitative estimate of drug-likeness (QED) is 0.379. The van der Waals surface area contributed by atoms with E-state index in [0.717, 1.165) is 22.3 Å². The highest BCUT2D eigenvalue weighted by atomic mass is 32.2. The van der Waals surface area contributed by atoms with Crippen LogP contribution in [0.4, 0.5) is 0 Å². The van der Waals surface area contributed by atoms with E-state index >= 15 is 0 Å². The lowest BCUT2D eigenvalue weighted by atomic mass is 9.92. The number of nitrogens with zero attached hydrogens (tertiary/aromatic N) is 2. The smallest absolute Gasteiger partial charge is 0.207 e. The molecule has 0 aromatic heterocycles. The molecule has 2 atom stereocenters. The summed E-state index contributed by atoms with van der Waals surface area (Å²) in [5.41, 5.74) is 3.54. The molecule has 2 aromatic rings. The van der Waals surface area contributed by atoms with Crippen molar-refractivity contribution in [1.82, 2.24) is 8.61 Å². The van der Waals surface area contributed by atoms with Crippen LogP contribution in [0.15, 0.2) is 81.6 Å². The van der Waals surface area contributed by atoms with Crippen LogP contribution in [0.1, 0.15) is 36.8 Å². The van der Waals surface area contributed by atoms with Gasteiger partial charge in [-0.25, -0.2) is 16.8 Å². The average Bonchev–Trinajstić information content (AvgIpc) is 2.90. The number of hydrogen-bond donors (Lipinski definition) is 0. The van der Waals surface area contributed by atoms with E-state index in [0.29, 0.717) is 25.7 Å². The van der Waals surface area contributed by atoms with Crippen LogP contribution < -0.4 is 0 Å². The average molecular weight is 549 g/mol. The van der Waals surface area contributed by atoms with Crippen molar-refractivity contribution < 1.29 is 16.8 Å². The predicted octanol–water partition coefficient (Wildman–Crippen LogP) is 4.43. The van der Waals surface area contributed by atoms with Gasteiger partial charge in [-0.3, -0.25) is 0 Å². The van der Waals surface area contributed by atoms with E-state index in [2.05, 4.69) is 11.8 Å². The van der Waals surface area contributed by atoms with E-state index in [9.17, 15) is 16.8 Å². The fraction of sp³-hybridized carbons (Fsp3) is 0.333. The van der Waals surface area contributed by atoms with Gasteiger partial charge >= 0.3 is 0 Å². The summed E-state index contributed by atoms with van der Waals surface area (Å²) in [6.07, 6.45) is 16.4. The lowest BCUT2D eigenvalue weighted by Gasteiger charge is -2.44. The summed E-state index contributed by atoms with van der Waals surface area (Å²) in [6.45, 7) is 4.01. The zero-order valence-corrected chi connectivity index (χ0v) is 23.3. The molecule has 6 nitrogen and oxygen atoms in total. The molecule has 2 aliphatic heterocycles. The summed E-state index contributed by atoms with van der Waals surface area (Å²) in [5.74, 6) is 5.21. The van der Waals surface area contributed by atoms with Crippen molar-refractivity contribution in [3.8, 4) is 24.7 Å². The number of benzene rings is 2. The largest absolute Gasteiger partial charge is 0.243 e. The van der Waals surface area contributed by atoms with Crippen LogP contribution in [0.3, 0.4) is 0 Å². The van der Waals surface area contributed by atoms with Gasteiger partial charge in [-0.15, -0.1) is 24.7 Å². The molecule has 0 spiro atoms. The minimum absolute atomic E-state index is 0.112. The first kappa shape index (κ1) is 27.9. The number of sulfonamides is 2. The van der Waals surface area contributed by atoms with Crippen LogP contribution in [0.25, 0.3) is 0 Å². The highest BCUT2D eigenvalue weighted by molar-refractivity contribution is 7.89. The molecule has 0 unspecified atom stereocenters. The number of hydrogen-bond acceptors (Lipinski definition) is 4.